The number of Topliss-reactive ketones (excluding diaryl/α,β-unsaturated/α-hetero) is 2. The fraction of sp³-hybridized carbons (Fsp3) is 0.692. The van der Waals surface area contributed by atoms with Gasteiger partial charge in [-0.1, -0.05) is 0 Å². The number of carbonyl (C=O) groups is 4. The van der Waals surface area contributed by atoms with Crippen molar-refractivity contribution in [2.24, 2.45) is 0 Å². The van der Waals surface area contributed by atoms with Gasteiger partial charge in [0.2, 0.25) is 5.60 Å². The zero-order valence-electron chi connectivity index (χ0n) is 12.9. The van der Waals surface area contributed by atoms with Crippen LogP contribution in [0.25, 0.3) is 0 Å². The summed E-state index contributed by atoms with van der Waals surface area (Å²) in [6.07, 6.45) is -3.58. The second kappa shape index (κ2) is 7.40. The number of hydrogen-bond donors (Lipinski definition) is 2. The molecule has 22 heavy (non-hydrogen) atoms. The first-order valence-electron chi connectivity index (χ1n) is 6.24. The monoisotopic (exact) mass is 382 g/mol. The number of aliphatic hydroxyl groups is 2. The minimum absolute atomic E-state index is 0.896. The molecule has 0 saturated heterocycles. The van der Waals surface area contributed by atoms with Gasteiger partial charge < -0.3 is 19.7 Å². The molecule has 0 aliphatic heterocycles. The number of esters is 1. The normalized spacial score (nSPS) is 19.3. The lowest BCUT2D eigenvalue weighted by molar-refractivity contribution is -0.227. The lowest BCUT2D eigenvalue weighted by Crippen LogP contribution is -2.74. The minimum Gasteiger partial charge on any atom is -0.438 e. The van der Waals surface area contributed by atoms with E-state index in [0.717, 1.165) is 34.8 Å². The molecule has 0 spiro atoms. The molecule has 4 atom stereocenters. The van der Waals surface area contributed by atoms with Crippen LogP contribution in [-0.2, 0) is 28.7 Å². The first-order valence-corrected chi connectivity index (χ1v) is 7.03. The summed E-state index contributed by atoms with van der Waals surface area (Å²) < 4.78 is 8.66. The average Bonchev–Trinajstić information content (AvgIpc) is 2.36. The van der Waals surface area contributed by atoms with Crippen molar-refractivity contribution in [3.05, 3.63) is 0 Å². The van der Waals surface area contributed by atoms with Crippen LogP contribution in [0.2, 0.25) is 0 Å². The van der Waals surface area contributed by atoms with Crippen LogP contribution < -0.4 is 0 Å². The summed E-state index contributed by atoms with van der Waals surface area (Å²) in [5, 5.41) is 19.9. The molecule has 9 heteroatoms. The van der Waals surface area contributed by atoms with Crippen molar-refractivity contribution in [2.45, 2.75) is 51.1 Å². The molecule has 0 saturated carbocycles. The molecule has 2 N–H and O–H groups in total. The van der Waals surface area contributed by atoms with Gasteiger partial charge in [-0.3, -0.25) is 19.2 Å². The topological polar surface area (TPSA) is 127 Å². The fourth-order valence-corrected chi connectivity index (χ4v) is 3.02. The maximum absolute atomic E-state index is 12.2. The van der Waals surface area contributed by atoms with Gasteiger partial charge in [-0.2, -0.15) is 0 Å². The van der Waals surface area contributed by atoms with Gasteiger partial charge in [-0.15, -0.1) is 0 Å². The Morgan fingerprint density at radius 3 is 1.68 bits per heavy atom. The van der Waals surface area contributed by atoms with Crippen molar-refractivity contribution in [2.75, 3.05) is 7.11 Å². The van der Waals surface area contributed by atoms with E-state index in [1.54, 1.807) is 0 Å². The summed E-state index contributed by atoms with van der Waals surface area (Å²) >= 11 is 2.53. The molecule has 0 aromatic heterocycles. The quantitative estimate of drug-likeness (QED) is 0.327. The van der Waals surface area contributed by atoms with Gasteiger partial charge >= 0.3 is 5.97 Å². The lowest BCUT2D eigenvalue weighted by Gasteiger charge is -2.46. The number of hydrogen-bond acceptors (Lipinski definition) is 8. The zero-order valence-corrected chi connectivity index (χ0v) is 14.5. The van der Waals surface area contributed by atoms with Crippen molar-refractivity contribution < 1.29 is 38.9 Å². The van der Waals surface area contributed by atoms with Crippen molar-refractivity contribution >= 4 is 38.2 Å². The molecule has 0 bridgehead atoms. The van der Waals surface area contributed by atoms with Gasteiger partial charge in [0.25, 0.3) is 10.3 Å². The number of rotatable bonds is 8. The Hall–Kier alpha value is -1.16. The van der Waals surface area contributed by atoms with Crippen molar-refractivity contribution in [1.82, 2.24) is 0 Å². The van der Waals surface area contributed by atoms with Crippen LogP contribution in [0.4, 0.5) is 0 Å². The molecule has 0 rings (SSSR count). The lowest BCUT2D eigenvalue weighted by atomic mass is 9.72. The maximum atomic E-state index is 12.2. The van der Waals surface area contributed by atoms with E-state index in [1.165, 1.54) is 0 Å². The van der Waals surface area contributed by atoms with Gasteiger partial charge in [0, 0.05) is 14.0 Å². The number of carbonyl (C=O) groups excluding carboxylic acids is 4. The molecule has 126 valence electrons. The highest BCUT2D eigenvalue weighted by atomic mass is 79.9. The number of aliphatic hydroxyl groups excluding tert-OH is 2. The maximum Gasteiger partial charge on any atom is 0.304 e. The Morgan fingerprint density at radius 2 is 1.50 bits per heavy atom. The predicted octanol–water partition coefficient (Wildman–Crippen LogP) is -0.485. The van der Waals surface area contributed by atoms with Crippen LogP contribution in [0.1, 0.15) is 27.7 Å². The minimum atomic E-state index is -2.78. The molecular formula is C13H19BrO8. The second-order valence-corrected chi connectivity index (χ2v) is 5.51. The van der Waals surface area contributed by atoms with Gasteiger partial charge in [-0.25, -0.2) is 0 Å². The molecule has 0 radical (unpaired) electrons. The molecule has 0 aliphatic carbocycles. The number of ether oxygens (including phenoxy) is 2. The summed E-state index contributed by atoms with van der Waals surface area (Å²) in [5.74, 6) is -3.09. The highest BCUT2D eigenvalue weighted by molar-refractivity contribution is 9.18. The molecule has 0 aromatic carbocycles. The summed E-state index contributed by atoms with van der Waals surface area (Å²) in [4.78, 5) is 47.8. The molecule has 0 unspecified atom stereocenters. The van der Waals surface area contributed by atoms with Crippen molar-refractivity contribution in [3.8, 4) is 0 Å². The van der Waals surface area contributed by atoms with Crippen LogP contribution >= 0.6 is 15.9 Å². The summed E-state index contributed by atoms with van der Waals surface area (Å²) in [7, 11) is 0.949. The molecule has 0 fully saturated rings. The number of halogens is 1. The Bertz CT molecular complexity index is 472. The van der Waals surface area contributed by atoms with E-state index in [-0.39, 0.29) is 0 Å². The SMILES string of the molecule is CO[C@@](C(C)=O)([C@H](O)[C@@H](C)O)[C@](OC(C)=O)(C(C)=O)C(=O)Br. The molecular weight excluding hydrogens is 364 g/mol. The smallest absolute Gasteiger partial charge is 0.304 e. The van der Waals surface area contributed by atoms with Gasteiger partial charge in [0.15, 0.2) is 11.6 Å². The Morgan fingerprint density at radius 1 is 1.05 bits per heavy atom. The Labute approximate surface area is 135 Å². The third-order valence-corrected chi connectivity index (χ3v) is 3.87. The van der Waals surface area contributed by atoms with E-state index >= 15 is 0 Å². The largest absolute Gasteiger partial charge is 0.438 e. The second-order valence-electron chi connectivity index (χ2n) is 4.79. The Balaban J connectivity index is 6.79. The summed E-state index contributed by atoms with van der Waals surface area (Å²) in [5.41, 5.74) is -5.39. The van der Waals surface area contributed by atoms with Gasteiger partial charge in [0.1, 0.15) is 6.10 Å². The van der Waals surface area contributed by atoms with Gasteiger partial charge in [-0.05, 0) is 36.7 Å². The van der Waals surface area contributed by atoms with Gasteiger partial charge in [0.05, 0.1) is 6.10 Å². The average molecular weight is 383 g/mol. The van der Waals surface area contributed by atoms with Crippen LogP contribution in [0.3, 0.4) is 0 Å². The first kappa shape index (κ1) is 20.8. The first-order chi connectivity index (χ1) is 9.91. The van der Waals surface area contributed by atoms with E-state index in [2.05, 4.69) is 15.9 Å². The molecule has 0 amide bonds. The fourth-order valence-electron chi connectivity index (χ4n) is 2.36. The van der Waals surface area contributed by atoms with E-state index in [0.29, 0.717) is 0 Å². The van der Waals surface area contributed by atoms with Crippen LogP contribution in [-0.4, -0.2) is 63.0 Å². The van der Waals surface area contributed by atoms with Crippen molar-refractivity contribution in [3.63, 3.8) is 0 Å². The van der Waals surface area contributed by atoms with E-state index in [9.17, 15) is 29.4 Å². The Kier molecular flexibility index (Phi) is 7.01. The zero-order chi connectivity index (χ0) is 17.9. The van der Waals surface area contributed by atoms with E-state index in [4.69, 9.17) is 9.47 Å². The highest BCUT2D eigenvalue weighted by Crippen LogP contribution is 2.39. The summed E-state index contributed by atoms with van der Waals surface area (Å²) in [6.45, 7) is 3.88. The molecule has 8 nitrogen and oxygen atoms in total. The molecule has 0 aromatic rings. The van der Waals surface area contributed by atoms with Crippen LogP contribution in [0.5, 0.6) is 0 Å². The van der Waals surface area contributed by atoms with Crippen LogP contribution in [0.15, 0.2) is 0 Å². The van der Waals surface area contributed by atoms with Crippen molar-refractivity contribution in [1.29, 1.82) is 0 Å². The summed E-state index contributed by atoms with van der Waals surface area (Å²) in [6, 6.07) is 0. The van der Waals surface area contributed by atoms with E-state index < -0.39 is 45.6 Å². The molecule has 0 heterocycles. The number of ketones is 2. The highest BCUT2D eigenvalue weighted by Gasteiger charge is 2.70. The molecule has 0 aliphatic rings. The number of methoxy groups -OCH3 is 1. The predicted molar refractivity (Wildman–Crippen MR) is 77.2 cm³/mol. The van der Waals surface area contributed by atoms with Crippen LogP contribution in [0, 0.1) is 0 Å². The third kappa shape index (κ3) is 3.12. The standard InChI is InChI=1S/C13H19BrO8/c1-6(15)10(19)12(21-5,7(2)16)13(8(3)17,11(14)20)22-9(4)18/h6,10,15,19H,1-5H3/t6-,10-,12+,13+/m1/s1. The van der Waals surface area contributed by atoms with E-state index in [1.807, 2.05) is 0 Å². The third-order valence-electron chi connectivity index (χ3n) is 3.31.